The van der Waals surface area contributed by atoms with E-state index < -0.39 is 28.0 Å². The third kappa shape index (κ3) is 5.75. The summed E-state index contributed by atoms with van der Waals surface area (Å²) in [6, 6.07) is 13.9. The highest BCUT2D eigenvalue weighted by molar-refractivity contribution is 7.89. The molecule has 3 rings (SSSR count). The van der Waals surface area contributed by atoms with E-state index in [1.165, 1.54) is 16.4 Å². The molecule has 0 aromatic heterocycles. The normalized spacial score (nSPS) is 15.7. The minimum absolute atomic E-state index is 0.107. The number of piperidine rings is 1. The van der Waals surface area contributed by atoms with E-state index in [0.29, 0.717) is 31.6 Å². The smallest absolute Gasteiger partial charge is 0.338 e. The second kappa shape index (κ2) is 10.7. The predicted octanol–water partition coefficient (Wildman–Crippen LogP) is 3.42. The minimum atomic E-state index is -3.69. The lowest BCUT2D eigenvalue weighted by molar-refractivity contribution is -0.130. The highest BCUT2D eigenvalue weighted by atomic mass is 32.2. The topological polar surface area (TPSA) is 92.8 Å². The van der Waals surface area contributed by atoms with Crippen LogP contribution in [0.25, 0.3) is 0 Å². The Morgan fingerprint density at radius 3 is 2.41 bits per heavy atom. The summed E-state index contributed by atoms with van der Waals surface area (Å²) in [6.07, 6.45) is 2.01. The fraction of sp³-hybridized carbons (Fsp3) is 0.417. The molecule has 1 unspecified atom stereocenters. The van der Waals surface area contributed by atoms with E-state index in [1.54, 1.807) is 19.9 Å². The van der Waals surface area contributed by atoms with Gasteiger partial charge in [-0.2, -0.15) is 4.31 Å². The van der Waals surface area contributed by atoms with Gasteiger partial charge in [0.2, 0.25) is 10.0 Å². The van der Waals surface area contributed by atoms with Crippen LogP contribution >= 0.6 is 0 Å². The molecule has 1 fully saturated rings. The summed E-state index contributed by atoms with van der Waals surface area (Å²) in [5.41, 5.74) is 1.62. The monoisotopic (exact) mass is 458 g/mol. The van der Waals surface area contributed by atoms with Crippen LogP contribution in [0.1, 0.15) is 54.1 Å². The van der Waals surface area contributed by atoms with E-state index in [-0.39, 0.29) is 10.5 Å². The van der Waals surface area contributed by atoms with Gasteiger partial charge in [0.25, 0.3) is 5.91 Å². The Morgan fingerprint density at radius 2 is 1.75 bits per heavy atom. The summed E-state index contributed by atoms with van der Waals surface area (Å²) >= 11 is 0. The van der Waals surface area contributed by atoms with Gasteiger partial charge < -0.3 is 10.1 Å². The first-order valence-corrected chi connectivity index (χ1v) is 12.4. The number of nitrogens with one attached hydrogen (secondary N) is 1. The minimum Gasteiger partial charge on any atom is -0.449 e. The Hall–Kier alpha value is -2.71. The number of amides is 1. The van der Waals surface area contributed by atoms with Crippen LogP contribution in [0.2, 0.25) is 0 Å². The third-order valence-electron chi connectivity index (χ3n) is 5.58. The molecule has 2 aromatic carbocycles. The molecule has 2 aromatic rings. The first-order valence-electron chi connectivity index (χ1n) is 11.0. The van der Waals surface area contributed by atoms with Gasteiger partial charge in [0.05, 0.1) is 10.5 Å². The number of rotatable bonds is 8. The summed E-state index contributed by atoms with van der Waals surface area (Å²) in [5.74, 6) is -1.11. The lowest BCUT2D eigenvalue weighted by Gasteiger charge is -2.26. The number of hydrogen-bond donors (Lipinski definition) is 1. The molecule has 1 aliphatic heterocycles. The lowest BCUT2D eigenvalue weighted by Crippen LogP contribution is -2.37. The van der Waals surface area contributed by atoms with Crippen LogP contribution < -0.4 is 5.32 Å². The van der Waals surface area contributed by atoms with Crippen LogP contribution in [-0.4, -0.2) is 43.8 Å². The van der Waals surface area contributed by atoms with E-state index in [2.05, 4.69) is 5.32 Å². The summed E-state index contributed by atoms with van der Waals surface area (Å²) in [7, 11) is -3.69. The number of carbonyl (C=O) groups is 2. The molecular weight excluding hydrogens is 428 g/mol. The van der Waals surface area contributed by atoms with Crippen molar-refractivity contribution in [1.82, 2.24) is 9.62 Å². The Balaban J connectivity index is 1.71. The Kier molecular flexibility index (Phi) is 8.04. The first kappa shape index (κ1) is 23.9. The summed E-state index contributed by atoms with van der Waals surface area (Å²) in [4.78, 5) is 25.4. The standard InChI is InChI=1S/C24H30N2O5S/c1-3-21(23(27)25-17-19-10-6-4-7-11-19)31-24(28)20-13-12-18(2)22(16-20)32(29,30)26-14-8-5-9-15-26/h4,6-7,10-13,16,21H,3,5,8-9,14-15,17H2,1-2H3,(H,25,27). The van der Waals surface area contributed by atoms with E-state index >= 15 is 0 Å². The zero-order chi connectivity index (χ0) is 23.1. The third-order valence-corrected chi connectivity index (χ3v) is 7.62. The predicted molar refractivity (Wildman–Crippen MR) is 122 cm³/mol. The van der Waals surface area contributed by atoms with Crippen molar-refractivity contribution in [1.29, 1.82) is 0 Å². The van der Waals surface area contributed by atoms with E-state index in [9.17, 15) is 18.0 Å². The van der Waals surface area contributed by atoms with Crippen LogP contribution in [0.5, 0.6) is 0 Å². The highest BCUT2D eigenvalue weighted by Crippen LogP contribution is 2.25. The summed E-state index contributed by atoms with van der Waals surface area (Å²) in [6.45, 7) is 4.75. The fourth-order valence-electron chi connectivity index (χ4n) is 3.67. The second-order valence-corrected chi connectivity index (χ2v) is 9.86. The molecule has 1 heterocycles. The maximum Gasteiger partial charge on any atom is 0.338 e. The van der Waals surface area contributed by atoms with Gasteiger partial charge in [-0.1, -0.05) is 49.7 Å². The first-order chi connectivity index (χ1) is 15.3. The molecule has 0 radical (unpaired) electrons. The number of hydrogen-bond acceptors (Lipinski definition) is 5. The summed E-state index contributed by atoms with van der Waals surface area (Å²) in [5, 5.41) is 2.78. The molecule has 0 spiro atoms. The van der Waals surface area contributed by atoms with Crippen LogP contribution in [-0.2, 0) is 26.1 Å². The van der Waals surface area contributed by atoms with E-state index in [4.69, 9.17) is 4.74 Å². The van der Waals surface area contributed by atoms with Crippen LogP contribution in [0.15, 0.2) is 53.4 Å². The summed E-state index contributed by atoms with van der Waals surface area (Å²) < 4.78 is 33.1. The number of aryl methyl sites for hydroxylation is 1. The van der Waals surface area contributed by atoms with E-state index in [1.807, 2.05) is 30.3 Å². The van der Waals surface area contributed by atoms with Crippen molar-refractivity contribution in [2.24, 2.45) is 0 Å². The van der Waals surface area contributed by atoms with Crippen LogP contribution in [0.4, 0.5) is 0 Å². The average Bonchev–Trinajstić information content (AvgIpc) is 2.82. The molecule has 7 nitrogen and oxygen atoms in total. The maximum absolute atomic E-state index is 13.1. The Morgan fingerprint density at radius 1 is 1.06 bits per heavy atom. The van der Waals surface area contributed by atoms with Crippen LogP contribution in [0.3, 0.4) is 0 Å². The molecule has 0 saturated carbocycles. The zero-order valence-corrected chi connectivity index (χ0v) is 19.4. The Labute approximate surface area is 189 Å². The molecule has 1 N–H and O–H groups in total. The molecule has 8 heteroatoms. The number of nitrogens with zero attached hydrogens (tertiary/aromatic N) is 1. The van der Waals surface area contributed by atoms with Gasteiger partial charge in [-0.15, -0.1) is 0 Å². The number of benzene rings is 2. The molecular formula is C24H30N2O5S. The van der Waals surface area contributed by atoms with Gasteiger partial charge in [-0.05, 0) is 49.4 Å². The molecule has 1 aliphatic rings. The largest absolute Gasteiger partial charge is 0.449 e. The van der Waals surface area contributed by atoms with Crippen molar-refractivity contribution in [2.75, 3.05) is 13.1 Å². The molecule has 0 aliphatic carbocycles. The number of esters is 1. The van der Waals surface area contributed by atoms with Gasteiger partial charge in [-0.3, -0.25) is 4.79 Å². The van der Waals surface area contributed by atoms with Crippen molar-refractivity contribution in [3.8, 4) is 0 Å². The quantitative estimate of drug-likeness (QED) is 0.612. The van der Waals surface area contributed by atoms with Gasteiger partial charge in [0.1, 0.15) is 0 Å². The zero-order valence-electron chi connectivity index (χ0n) is 18.5. The molecule has 1 amide bonds. The fourth-order valence-corrected chi connectivity index (χ4v) is 5.44. The van der Waals surface area contributed by atoms with Gasteiger partial charge in [0, 0.05) is 19.6 Å². The van der Waals surface area contributed by atoms with Crippen molar-refractivity contribution in [2.45, 2.75) is 57.1 Å². The van der Waals surface area contributed by atoms with E-state index in [0.717, 1.165) is 24.8 Å². The molecule has 1 atom stereocenters. The van der Waals surface area contributed by atoms with Gasteiger partial charge in [-0.25, -0.2) is 13.2 Å². The number of ether oxygens (including phenoxy) is 1. The van der Waals surface area contributed by atoms with Gasteiger partial charge >= 0.3 is 5.97 Å². The van der Waals surface area contributed by atoms with Crippen LogP contribution in [0, 0.1) is 6.92 Å². The van der Waals surface area contributed by atoms with Gasteiger partial charge in [0.15, 0.2) is 6.10 Å². The SMILES string of the molecule is CCC(OC(=O)c1ccc(C)c(S(=O)(=O)N2CCCCC2)c1)C(=O)NCc1ccccc1. The van der Waals surface area contributed by atoms with Crippen molar-refractivity contribution < 1.29 is 22.7 Å². The van der Waals surface area contributed by atoms with Crippen molar-refractivity contribution in [3.05, 3.63) is 65.2 Å². The second-order valence-electron chi connectivity index (χ2n) is 7.95. The van der Waals surface area contributed by atoms with Crippen molar-refractivity contribution >= 4 is 21.9 Å². The maximum atomic E-state index is 13.1. The lowest BCUT2D eigenvalue weighted by atomic mass is 10.1. The Bertz CT molecular complexity index is 1050. The average molecular weight is 459 g/mol. The molecule has 32 heavy (non-hydrogen) atoms. The molecule has 0 bridgehead atoms. The molecule has 1 saturated heterocycles. The number of carbonyl (C=O) groups excluding carboxylic acids is 2. The molecule has 172 valence electrons. The van der Waals surface area contributed by atoms with Crippen molar-refractivity contribution in [3.63, 3.8) is 0 Å². The number of sulfonamides is 1. The highest BCUT2D eigenvalue weighted by Gasteiger charge is 2.29.